The normalized spacial score (nSPS) is 24.7. The number of hydrogen-bond acceptors (Lipinski definition) is 3. The van der Waals surface area contributed by atoms with Crippen molar-refractivity contribution in [2.45, 2.75) is 38.6 Å². The maximum absolute atomic E-state index is 6.12. The summed E-state index contributed by atoms with van der Waals surface area (Å²) in [6, 6.07) is 0.502. The van der Waals surface area contributed by atoms with Gasteiger partial charge in [0, 0.05) is 13.1 Å². The standard InChI is InChI=1S/C12H17Cl2N3/c1-8-4-3-5-9(6-8)17(2)11-10(13)7-15-12(14)16-11/h7-9H,3-6H2,1-2H3. The van der Waals surface area contributed by atoms with Gasteiger partial charge in [-0.2, -0.15) is 4.98 Å². The van der Waals surface area contributed by atoms with Crippen LogP contribution in [-0.2, 0) is 0 Å². The zero-order valence-electron chi connectivity index (χ0n) is 10.2. The largest absolute Gasteiger partial charge is 0.355 e. The molecule has 2 rings (SSSR count). The lowest BCUT2D eigenvalue weighted by molar-refractivity contribution is 0.335. The summed E-state index contributed by atoms with van der Waals surface area (Å²) in [5, 5.41) is 0.815. The van der Waals surface area contributed by atoms with Gasteiger partial charge in [0.1, 0.15) is 5.02 Å². The van der Waals surface area contributed by atoms with Gasteiger partial charge in [-0.25, -0.2) is 4.98 Å². The Morgan fingerprint density at radius 3 is 2.82 bits per heavy atom. The van der Waals surface area contributed by atoms with Gasteiger partial charge in [0.25, 0.3) is 0 Å². The predicted molar refractivity (Wildman–Crippen MR) is 71.9 cm³/mol. The van der Waals surface area contributed by atoms with Crippen molar-refractivity contribution in [3.8, 4) is 0 Å². The minimum atomic E-state index is 0.250. The van der Waals surface area contributed by atoms with Crippen molar-refractivity contribution < 1.29 is 0 Å². The van der Waals surface area contributed by atoms with Gasteiger partial charge in [-0.15, -0.1) is 0 Å². The zero-order valence-corrected chi connectivity index (χ0v) is 11.7. The fraction of sp³-hybridized carbons (Fsp3) is 0.667. The first kappa shape index (κ1) is 12.9. The van der Waals surface area contributed by atoms with Crippen LogP contribution in [0.1, 0.15) is 32.6 Å². The molecule has 0 amide bonds. The molecule has 5 heteroatoms. The van der Waals surface area contributed by atoms with Gasteiger partial charge in [-0.05, 0) is 30.4 Å². The van der Waals surface area contributed by atoms with Gasteiger partial charge in [-0.3, -0.25) is 0 Å². The molecule has 0 aliphatic heterocycles. The van der Waals surface area contributed by atoms with E-state index >= 15 is 0 Å². The van der Waals surface area contributed by atoms with Gasteiger partial charge in [-0.1, -0.05) is 31.4 Å². The molecule has 0 bridgehead atoms. The van der Waals surface area contributed by atoms with Crippen LogP contribution >= 0.6 is 23.2 Å². The SMILES string of the molecule is CC1CCCC(N(C)c2nc(Cl)ncc2Cl)C1. The quantitative estimate of drug-likeness (QED) is 0.768. The van der Waals surface area contributed by atoms with E-state index in [0.717, 1.165) is 11.7 Å². The second kappa shape index (κ2) is 5.40. The monoisotopic (exact) mass is 273 g/mol. The van der Waals surface area contributed by atoms with E-state index < -0.39 is 0 Å². The van der Waals surface area contributed by atoms with E-state index in [-0.39, 0.29) is 5.28 Å². The third-order valence-corrected chi connectivity index (χ3v) is 3.94. The van der Waals surface area contributed by atoms with Crippen LogP contribution in [0, 0.1) is 5.92 Å². The molecule has 1 aromatic rings. The van der Waals surface area contributed by atoms with Gasteiger partial charge in [0.15, 0.2) is 5.82 Å². The van der Waals surface area contributed by atoms with E-state index in [2.05, 4.69) is 21.8 Å². The number of anilines is 1. The topological polar surface area (TPSA) is 29.0 Å². The van der Waals surface area contributed by atoms with Gasteiger partial charge < -0.3 is 4.90 Å². The summed E-state index contributed by atoms with van der Waals surface area (Å²) >= 11 is 11.9. The highest BCUT2D eigenvalue weighted by atomic mass is 35.5. The van der Waals surface area contributed by atoms with Crippen molar-refractivity contribution in [1.29, 1.82) is 0 Å². The lowest BCUT2D eigenvalue weighted by atomic mass is 9.86. The van der Waals surface area contributed by atoms with Gasteiger partial charge >= 0.3 is 0 Å². The van der Waals surface area contributed by atoms with Crippen LogP contribution in [0.4, 0.5) is 5.82 Å². The molecule has 1 saturated carbocycles. The highest BCUT2D eigenvalue weighted by Gasteiger charge is 2.24. The molecule has 1 aliphatic rings. The molecular formula is C12H17Cl2N3. The molecule has 1 heterocycles. The molecule has 1 aliphatic carbocycles. The first-order valence-electron chi connectivity index (χ1n) is 5.99. The molecule has 0 radical (unpaired) electrons. The third-order valence-electron chi connectivity index (χ3n) is 3.49. The fourth-order valence-electron chi connectivity index (χ4n) is 2.51. The summed E-state index contributed by atoms with van der Waals surface area (Å²) in [6.45, 7) is 2.30. The molecule has 2 atom stereocenters. The van der Waals surface area contributed by atoms with Crippen LogP contribution in [0.25, 0.3) is 0 Å². The van der Waals surface area contributed by atoms with Crippen molar-refractivity contribution in [2.24, 2.45) is 5.92 Å². The van der Waals surface area contributed by atoms with Crippen molar-refractivity contribution in [1.82, 2.24) is 9.97 Å². The Hall–Kier alpha value is -0.540. The summed E-state index contributed by atoms with van der Waals surface area (Å²) in [5.41, 5.74) is 0. The number of aromatic nitrogens is 2. The van der Waals surface area contributed by atoms with E-state index in [0.29, 0.717) is 11.1 Å². The summed E-state index contributed by atoms with van der Waals surface area (Å²) in [5.74, 6) is 1.51. The molecule has 2 unspecified atom stereocenters. The van der Waals surface area contributed by atoms with E-state index in [4.69, 9.17) is 23.2 Å². The van der Waals surface area contributed by atoms with Crippen LogP contribution < -0.4 is 4.90 Å². The molecule has 94 valence electrons. The maximum Gasteiger partial charge on any atom is 0.224 e. The summed E-state index contributed by atoms with van der Waals surface area (Å²) in [6.07, 6.45) is 6.54. The fourth-order valence-corrected chi connectivity index (χ4v) is 2.86. The van der Waals surface area contributed by atoms with Gasteiger partial charge in [0.05, 0.1) is 6.20 Å². The number of hydrogen-bond donors (Lipinski definition) is 0. The molecule has 0 N–H and O–H groups in total. The van der Waals surface area contributed by atoms with Crippen LogP contribution in [0.3, 0.4) is 0 Å². The minimum Gasteiger partial charge on any atom is -0.355 e. The number of nitrogens with zero attached hydrogens (tertiary/aromatic N) is 3. The summed E-state index contributed by atoms with van der Waals surface area (Å²) in [7, 11) is 2.03. The lowest BCUT2D eigenvalue weighted by Gasteiger charge is -2.35. The second-order valence-electron chi connectivity index (χ2n) is 4.85. The maximum atomic E-state index is 6.12. The molecule has 3 nitrogen and oxygen atoms in total. The van der Waals surface area contributed by atoms with E-state index in [9.17, 15) is 0 Å². The molecule has 17 heavy (non-hydrogen) atoms. The minimum absolute atomic E-state index is 0.250. The Morgan fingerprint density at radius 1 is 1.35 bits per heavy atom. The predicted octanol–water partition coefficient (Wildman–Crippen LogP) is 3.80. The van der Waals surface area contributed by atoms with Crippen molar-refractivity contribution in [3.63, 3.8) is 0 Å². The molecular weight excluding hydrogens is 257 g/mol. The number of halogens is 2. The molecule has 0 aromatic carbocycles. The Bertz CT molecular complexity index is 397. The summed E-state index contributed by atoms with van der Waals surface area (Å²) in [4.78, 5) is 10.2. The molecule has 0 saturated heterocycles. The third kappa shape index (κ3) is 3.02. The Kier molecular flexibility index (Phi) is 4.10. The van der Waals surface area contributed by atoms with Crippen LogP contribution in [-0.4, -0.2) is 23.1 Å². The van der Waals surface area contributed by atoms with Crippen LogP contribution in [0.15, 0.2) is 6.20 Å². The first-order valence-corrected chi connectivity index (χ1v) is 6.74. The van der Waals surface area contributed by atoms with E-state index in [1.807, 2.05) is 7.05 Å². The first-order chi connectivity index (χ1) is 8.08. The highest BCUT2D eigenvalue weighted by molar-refractivity contribution is 6.33. The van der Waals surface area contributed by atoms with Crippen molar-refractivity contribution in [3.05, 3.63) is 16.5 Å². The Labute approximate surface area is 112 Å². The average Bonchev–Trinajstić information content (AvgIpc) is 2.31. The van der Waals surface area contributed by atoms with E-state index in [1.54, 1.807) is 6.20 Å². The average molecular weight is 274 g/mol. The van der Waals surface area contributed by atoms with Gasteiger partial charge in [0.2, 0.25) is 5.28 Å². The smallest absolute Gasteiger partial charge is 0.224 e. The van der Waals surface area contributed by atoms with Crippen molar-refractivity contribution >= 4 is 29.0 Å². The van der Waals surface area contributed by atoms with Crippen LogP contribution in [0.5, 0.6) is 0 Å². The lowest BCUT2D eigenvalue weighted by Crippen LogP contribution is -2.36. The van der Waals surface area contributed by atoms with E-state index in [1.165, 1.54) is 25.7 Å². The zero-order chi connectivity index (χ0) is 12.4. The molecule has 1 aromatic heterocycles. The second-order valence-corrected chi connectivity index (χ2v) is 5.59. The molecule has 0 spiro atoms. The Balaban J connectivity index is 2.18. The summed E-state index contributed by atoms with van der Waals surface area (Å²) < 4.78 is 0. The highest BCUT2D eigenvalue weighted by Crippen LogP contribution is 2.31. The molecule has 1 fully saturated rings. The van der Waals surface area contributed by atoms with Crippen molar-refractivity contribution in [2.75, 3.05) is 11.9 Å². The van der Waals surface area contributed by atoms with Crippen LogP contribution in [0.2, 0.25) is 10.3 Å². The Morgan fingerprint density at radius 2 is 2.12 bits per heavy atom. The number of rotatable bonds is 2.